The van der Waals surface area contributed by atoms with Crippen LogP contribution in [0.5, 0.6) is 0 Å². The molecule has 0 spiro atoms. The summed E-state index contributed by atoms with van der Waals surface area (Å²) in [4.78, 5) is 11.0. The predicted molar refractivity (Wildman–Crippen MR) is 49.5 cm³/mol. The van der Waals surface area contributed by atoms with Crippen molar-refractivity contribution in [3.05, 3.63) is 11.6 Å². The largest absolute Gasteiger partial charge is 0.508 e. The third-order valence-electron chi connectivity index (χ3n) is 2.25. The normalized spacial score (nSPS) is 28.3. The van der Waals surface area contributed by atoms with Crippen molar-refractivity contribution in [2.24, 2.45) is 0 Å². The first kappa shape index (κ1) is 10.1. The summed E-state index contributed by atoms with van der Waals surface area (Å²) in [7, 11) is 0. The maximum atomic E-state index is 11.0. The minimum Gasteiger partial charge on any atom is -0.434 e. The summed E-state index contributed by atoms with van der Waals surface area (Å²) in [6, 6.07) is 0. The molecule has 1 fully saturated rings. The summed E-state index contributed by atoms with van der Waals surface area (Å²) in [5.74, 6) is 0. The third-order valence-corrected chi connectivity index (χ3v) is 2.25. The van der Waals surface area contributed by atoms with Crippen molar-refractivity contribution in [1.29, 1.82) is 0 Å². The van der Waals surface area contributed by atoms with Gasteiger partial charge in [0.2, 0.25) is 0 Å². The van der Waals surface area contributed by atoms with Crippen LogP contribution in [0.3, 0.4) is 0 Å². The molecule has 74 valence electrons. The highest BCUT2D eigenvalue weighted by Crippen LogP contribution is 2.17. The molecule has 3 nitrogen and oxygen atoms in total. The molecule has 0 aromatic carbocycles. The van der Waals surface area contributed by atoms with Crippen molar-refractivity contribution < 1.29 is 14.3 Å². The van der Waals surface area contributed by atoms with E-state index >= 15 is 0 Å². The quantitative estimate of drug-likeness (QED) is 0.429. The second kappa shape index (κ2) is 4.90. The van der Waals surface area contributed by atoms with Gasteiger partial charge in [-0.15, -0.1) is 0 Å². The molecule has 0 N–H and O–H groups in total. The van der Waals surface area contributed by atoms with E-state index in [1.54, 1.807) is 0 Å². The second-order valence-electron chi connectivity index (χ2n) is 3.18. The molecule has 0 radical (unpaired) electrons. The summed E-state index contributed by atoms with van der Waals surface area (Å²) in [6.45, 7) is 4.32. The Morgan fingerprint density at radius 2 is 2.23 bits per heavy atom. The topological polar surface area (TPSA) is 35.5 Å². The Hall–Kier alpha value is -0.990. The molecule has 1 unspecified atom stereocenters. The highest BCUT2D eigenvalue weighted by molar-refractivity contribution is 5.60. The molecule has 0 bridgehead atoms. The maximum Gasteiger partial charge on any atom is 0.508 e. The van der Waals surface area contributed by atoms with Gasteiger partial charge in [0.1, 0.15) is 6.10 Å². The number of hydrogen-bond acceptors (Lipinski definition) is 3. The van der Waals surface area contributed by atoms with Crippen LogP contribution in [0.1, 0.15) is 33.1 Å². The molecule has 3 heteroatoms. The van der Waals surface area contributed by atoms with Gasteiger partial charge < -0.3 is 9.47 Å². The van der Waals surface area contributed by atoms with E-state index in [0.717, 1.165) is 19.3 Å². The molecular weight excluding hydrogens is 168 g/mol. The fourth-order valence-electron chi connectivity index (χ4n) is 1.42. The average Bonchev–Trinajstić information content (AvgIpc) is 2.16. The molecule has 1 aliphatic rings. The monoisotopic (exact) mass is 184 g/mol. The first-order valence-electron chi connectivity index (χ1n) is 4.72. The van der Waals surface area contributed by atoms with Gasteiger partial charge in [-0.25, -0.2) is 4.79 Å². The Morgan fingerprint density at radius 3 is 2.92 bits per heavy atom. The van der Waals surface area contributed by atoms with Crippen LogP contribution >= 0.6 is 0 Å². The molecule has 1 saturated heterocycles. The SMILES string of the molecule is CC=C1CCCCOC(=O)OC1C. The lowest BCUT2D eigenvalue weighted by Gasteiger charge is -2.13. The number of carbonyl (C=O) groups excluding carboxylic acids is 1. The average molecular weight is 184 g/mol. The zero-order valence-electron chi connectivity index (χ0n) is 8.21. The highest BCUT2D eigenvalue weighted by atomic mass is 16.7. The number of carbonyl (C=O) groups is 1. The zero-order valence-corrected chi connectivity index (χ0v) is 8.21. The van der Waals surface area contributed by atoms with E-state index in [-0.39, 0.29) is 6.10 Å². The summed E-state index contributed by atoms with van der Waals surface area (Å²) in [5, 5.41) is 0. The number of ether oxygens (including phenoxy) is 2. The fourth-order valence-corrected chi connectivity index (χ4v) is 1.42. The Balaban J connectivity index is 2.61. The molecule has 0 aromatic rings. The van der Waals surface area contributed by atoms with Crippen molar-refractivity contribution in [3.8, 4) is 0 Å². The van der Waals surface area contributed by atoms with Crippen molar-refractivity contribution in [3.63, 3.8) is 0 Å². The molecule has 0 amide bonds. The summed E-state index contributed by atoms with van der Waals surface area (Å²) < 4.78 is 9.88. The van der Waals surface area contributed by atoms with Gasteiger partial charge in [0.25, 0.3) is 0 Å². The molecule has 13 heavy (non-hydrogen) atoms. The third kappa shape index (κ3) is 3.09. The number of cyclic esters (lactones) is 2. The molecule has 1 rings (SSSR count). The van der Waals surface area contributed by atoms with E-state index in [1.165, 1.54) is 5.57 Å². The minimum absolute atomic E-state index is 0.143. The van der Waals surface area contributed by atoms with Crippen LogP contribution in [0, 0.1) is 0 Å². The first-order valence-corrected chi connectivity index (χ1v) is 4.72. The van der Waals surface area contributed by atoms with Gasteiger partial charge >= 0.3 is 6.16 Å². The Labute approximate surface area is 78.7 Å². The van der Waals surface area contributed by atoms with E-state index in [0.29, 0.717) is 6.61 Å². The van der Waals surface area contributed by atoms with Gasteiger partial charge in [-0.3, -0.25) is 0 Å². The van der Waals surface area contributed by atoms with Gasteiger partial charge in [0, 0.05) is 0 Å². The van der Waals surface area contributed by atoms with Gasteiger partial charge in [-0.1, -0.05) is 6.08 Å². The van der Waals surface area contributed by atoms with Crippen LogP contribution < -0.4 is 0 Å². The van der Waals surface area contributed by atoms with Gasteiger partial charge in [0.15, 0.2) is 0 Å². The molecular formula is C10H16O3. The zero-order chi connectivity index (χ0) is 9.68. The minimum atomic E-state index is -0.547. The predicted octanol–water partition coefficient (Wildman–Crippen LogP) is 2.66. The van der Waals surface area contributed by atoms with E-state index in [4.69, 9.17) is 9.47 Å². The fraction of sp³-hybridized carbons (Fsp3) is 0.700. The van der Waals surface area contributed by atoms with E-state index < -0.39 is 6.16 Å². The smallest absolute Gasteiger partial charge is 0.434 e. The lowest BCUT2D eigenvalue weighted by molar-refractivity contribution is 0.0411. The van der Waals surface area contributed by atoms with Crippen LogP contribution in [0.4, 0.5) is 4.79 Å². The van der Waals surface area contributed by atoms with Crippen molar-refractivity contribution in [1.82, 2.24) is 0 Å². The van der Waals surface area contributed by atoms with Gasteiger partial charge in [-0.2, -0.15) is 0 Å². The van der Waals surface area contributed by atoms with Crippen LogP contribution in [-0.4, -0.2) is 18.9 Å². The van der Waals surface area contributed by atoms with Gasteiger partial charge in [-0.05, 0) is 38.7 Å². The molecule has 0 aromatic heterocycles. The lowest BCUT2D eigenvalue weighted by Crippen LogP contribution is -2.17. The molecule has 0 aliphatic carbocycles. The summed E-state index contributed by atoms with van der Waals surface area (Å²) in [5.41, 5.74) is 1.18. The van der Waals surface area contributed by atoms with Crippen LogP contribution in [-0.2, 0) is 9.47 Å². The molecule has 1 atom stereocenters. The van der Waals surface area contributed by atoms with E-state index in [2.05, 4.69) is 0 Å². The molecule has 0 saturated carbocycles. The Bertz CT molecular complexity index is 208. The Kier molecular flexibility index (Phi) is 3.80. The lowest BCUT2D eigenvalue weighted by atomic mass is 10.0. The highest BCUT2D eigenvalue weighted by Gasteiger charge is 2.16. The Morgan fingerprint density at radius 1 is 1.46 bits per heavy atom. The molecule has 1 aliphatic heterocycles. The van der Waals surface area contributed by atoms with Gasteiger partial charge in [0.05, 0.1) is 6.61 Å². The van der Waals surface area contributed by atoms with Crippen LogP contribution in [0.25, 0.3) is 0 Å². The maximum absolute atomic E-state index is 11.0. The number of allylic oxidation sites excluding steroid dienone is 1. The van der Waals surface area contributed by atoms with Crippen molar-refractivity contribution in [2.75, 3.05) is 6.61 Å². The van der Waals surface area contributed by atoms with Crippen LogP contribution in [0.2, 0.25) is 0 Å². The van der Waals surface area contributed by atoms with Crippen molar-refractivity contribution >= 4 is 6.16 Å². The summed E-state index contributed by atoms with van der Waals surface area (Å²) in [6.07, 6.45) is 4.29. The number of rotatable bonds is 0. The van der Waals surface area contributed by atoms with Crippen molar-refractivity contribution in [2.45, 2.75) is 39.2 Å². The van der Waals surface area contributed by atoms with E-state index in [1.807, 2.05) is 19.9 Å². The number of hydrogen-bond donors (Lipinski definition) is 0. The summed E-state index contributed by atoms with van der Waals surface area (Å²) >= 11 is 0. The second-order valence-corrected chi connectivity index (χ2v) is 3.18. The first-order chi connectivity index (χ1) is 6.24. The van der Waals surface area contributed by atoms with Crippen LogP contribution in [0.15, 0.2) is 11.6 Å². The molecule has 1 heterocycles. The van der Waals surface area contributed by atoms with E-state index in [9.17, 15) is 4.79 Å². The standard InChI is InChI=1S/C10H16O3/c1-3-9-6-4-5-7-12-10(11)13-8(9)2/h3,8H,4-7H2,1-2H3.